The molecule has 9 heteroatoms. The van der Waals surface area contributed by atoms with Gasteiger partial charge in [-0.3, -0.25) is 4.79 Å². The molecular formula is C26H32N4O4S. The molecule has 2 fully saturated rings. The summed E-state index contributed by atoms with van der Waals surface area (Å²) in [6.45, 7) is 6.16. The molecule has 0 unspecified atom stereocenters. The molecule has 2 aliphatic rings. The average molecular weight is 497 g/mol. The Kier molecular flexibility index (Phi) is 7.15. The molecule has 2 aromatic rings. The summed E-state index contributed by atoms with van der Waals surface area (Å²) >= 11 is 0. The van der Waals surface area contributed by atoms with Gasteiger partial charge in [0, 0.05) is 50.5 Å². The number of methoxy groups -OCH3 is 1. The van der Waals surface area contributed by atoms with Gasteiger partial charge >= 0.3 is 0 Å². The molecule has 1 atom stereocenters. The highest BCUT2D eigenvalue weighted by atomic mass is 32.2. The number of pyridine rings is 1. The normalized spacial score (nSPS) is 18.4. The SMILES string of the molecule is COCCC(=O)N1CCN(c2nc(C3CC3)c(-c3ccc(S(C)(=O)=O)cc3)c(C)c2C#N)C[C@H]1C. The molecule has 1 saturated carbocycles. The summed E-state index contributed by atoms with van der Waals surface area (Å²) in [5, 5.41) is 10.1. The van der Waals surface area contributed by atoms with Crippen LogP contribution in [0.1, 0.15) is 48.9 Å². The first-order valence-corrected chi connectivity index (χ1v) is 13.8. The molecule has 1 aliphatic heterocycles. The smallest absolute Gasteiger partial charge is 0.225 e. The fourth-order valence-corrected chi connectivity index (χ4v) is 5.44. The number of nitriles is 1. The van der Waals surface area contributed by atoms with Gasteiger partial charge in [-0.2, -0.15) is 5.26 Å². The maximum Gasteiger partial charge on any atom is 0.225 e. The largest absolute Gasteiger partial charge is 0.384 e. The van der Waals surface area contributed by atoms with Gasteiger partial charge in [-0.1, -0.05) is 12.1 Å². The lowest BCUT2D eigenvalue weighted by Crippen LogP contribution is -2.54. The molecule has 0 radical (unpaired) electrons. The maximum absolute atomic E-state index is 12.5. The first-order chi connectivity index (χ1) is 16.7. The summed E-state index contributed by atoms with van der Waals surface area (Å²) in [4.78, 5) is 21.9. The molecule has 0 N–H and O–H groups in total. The van der Waals surface area contributed by atoms with Gasteiger partial charge < -0.3 is 14.5 Å². The van der Waals surface area contributed by atoms with Crippen LogP contribution in [0.15, 0.2) is 29.2 Å². The van der Waals surface area contributed by atoms with Crippen LogP contribution < -0.4 is 4.90 Å². The number of piperazine rings is 1. The average Bonchev–Trinajstić information content (AvgIpc) is 3.67. The fourth-order valence-electron chi connectivity index (χ4n) is 4.81. The third kappa shape index (κ3) is 5.19. The second-order valence-corrected chi connectivity index (χ2v) is 11.5. The summed E-state index contributed by atoms with van der Waals surface area (Å²) in [6.07, 6.45) is 3.65. The predicted molar refractivity (Wildman–Crippen MR) is 134 cm³/mol. The van der Waals surface area contributed by atoms with Crippen molar-refractivity contribution in [2.24, 2.45) is 0 Å². The van der Waals surface area contributed by atoms with Crippen LogP contribution in [0.4, 0.5) is 5.82 Å². The van der Waals surface area contributed by atoms with Crippen molar-refractivity contribution in [2.45, 2.75) is 50.0 Å². The van der Waals surface area contributed by atoms with Crippen molar-refractivity contribution in [3.63, 3.8) is 0 Å². The first kappa shape index (κ1) is 25.1. The molecule has 2 heterocycles. The lowest BCUT2D eigenvalue weighted by atomic mass is 9.93. The lowest BCUT2D eigenvalue weighted by Gasteiger charge is -2.41. The molecule has 1 saturated heterocycles. The summed E-state index contributed by atoms with van der Waals surface area (Å²) in [5.74, 6) is 1.09. The van der Waals surface area contributed by atoms with Gasteiger partial charge in [0.2, 0.25) is 5.91 Å². The molecule has 0 spiro atoms. The number of rotatable bonds is 7. The van der Waals surface area contributed by atoms with E-state index in [2.05, 4.69) is 11.0 Å². The second kappa shape index (κ2) is 9.96. The van der Waals surface area contributed by atoms with E-state index in [0.717, 1.165) is 35.2 Å². The van der Waals surface area contributed by atoms with E-state index < -0.39 is 9.84 Å². The Morgan fingerprint density at radius 2 is 1.91 bits per heavy atom. The number of hydrogen-bond donors (Lipinski definition) is 0. The molecule has 186 valence electrons. The summed E-state index contributed by atoms with van der Waals surface area (Å²) < 4.78 is 28.9. The zero-order chi connectivity index (χ0) is 25.3. The summed E-state index contributed by atoms with van der Waals surface area (Å²) in [6, 6.07) is 9.20. The topological polar surface area (TPSA) is 104 Å². The van der Waals surface area contributed by atoms with Gasteiger partial charge in [-0.25, -0.2) is 13.4 Å². The molecule has 0 bridgehead atoms. The van der Waals surface area contributed by atoms with Gasteiger partial charge in [-0.05, 0) is 49.9 Å². The Balaban J connectivity index is 1.69. The lowest BCUT2D eigenvalue weighted by molar-refractivity contribution is -0.134. The maximum atomic E-state index is 12.5. The van der Waals surface area contributed by atoms with E-state index in [1.165, 1.54) is 6.26 Å². The Bertz CT molecular complexity index is 1260. The number of nitrogens with zero attached hydrogens (tertiary/aromatic N) is 4. The van der Waals surface area contributed by atoms with E-state index in [1.54, 1.807) is 31.4 Å². The van der Waals surface area contributed by atoms with Crippen LogP contribution in [0.3, 0.4) is 0 Å². The van der Waals surface area contributed by atoms with Crippen LogP contribution in [0.5, 0.6) is 0 Å². The van der Waals surface area contributed by atoms with Crippen molar-refractivity contribution in [3.05, 3.63) is 41.1 Å². The molecule has 8 nitrogen and oxygen atoms in total. The Morgan fingerprint density at radius 3 is 2.46 bits per heavy atom. The number of amides is 1. The Morgan fingerprint density at radius 1 is 1.23 bits per heavy atom. The van der Waals surface area contributed by atoms with Gasteiger partial charge in [0.05, 0.1) is 29.2 Å². The van der Waals surface area contributed by atoms with Crippen molar-refractivity contribution in [1.29, 1.82) is 5.26 Å². The van der Waals surface area contributed by atoms with E-state index in [-0.39, 0.29) is 16.8 Å². The van der Waals surface area contributed by atoms with Crippen LogP contribution >= 0.6 is 0 Å². The van der Waals surface area contributed by atoms with Crippen molar-refractivity contribution in [2.75, 3.05) is 44.5 Å². The number of ether oxygens (including phenoxy) is 1. The van der Waals surface area contributed by atoms with E-state index in [1.807, 2.05) is 18.7 Å². The monoisotopic (exact) mass is 496 g/mol. The van der Waals surface area contributed by atoms with E-state index >= 15 is 0 Å². The van der Waals surface area contributed by atoms with Crippen molar-refractivity contribution in [1.82, 2.24) is 9.88 Å². The molecule has 1 amide bonds. The quantitative estimate of drug-likeness (QED) is 0.579. The van der Waals surface area contributed by atoms with Gasteiger partial charge in [-0.15, -0.1) is 0 Å². The molecule has 1 aromatic heterocycles. The number of aromatic nitrogens is 1. The highest BCUT2D eigenvalue weighted by molar-refractivity contribution is 7.90. The van der Waals surface area contributed by atoms with Crippen LogP contribution in [-0.2, 0) is 19.4 Å². The minimum absolute atomic E-state index is 0.00524. The van der Waals surface area contributed by atoms with Crippen LogP contribution in [-0.4, -0.2) is 69.9 Å². The molecular weight excluding hydrogens is 464 g/mol. The molecule has 35 heavy (non-hydrogen) atoms. The molecule has 1 aromatic carbocycles. The third-order valence-electron chi connectivity index (χ3n) is 6.87. The number of carbonyl (C=O) groups excluding carboxylic acids is 1. The van der Waals surface area contributed by atoms with Gasteiger partial charge in [0.1, 0.15) is 11.9 Å². The first-order valence-electron chi connectivity index (χ1n) is 11.9. The summed E-state index contributed by atoms with van der Waals surface area (Å²) in [5.41, 5.74) is 4.15. The number of anilines is 1. The Labute approximate surface area is 207 Å². The van der Waals surface area contributed by atoms with Crippen molar-refractivity contribution < 1.29 is 17.9 Å². The zero-order valence-corrected chi connectivity index (χ0v) is 21.6. The minimum Gasteiger partial charge on any atom is -0.384 e. The molecule has 1 aliphatic carbocycles. The van der Waals surface area contributed by atoms with Crippen molar-refractivity contribution in [3.8, 4) is 17.2 Å². The zero-order valence-electron chi connectivity index (χ0n) is 20.7. The molecule has 4 rings (SSSR count). The van der Waals surface area contributed by atoms with E-state index in [4.69, 9.17) is 9.72 Å². The summed E-state index contributed by atoms with van der Waals surface area (Å²) in [7, 11) is -1.70. The van der Waals surface area contributed by atoms with Crippen LogP contribution in [0.2, 0.25) is 0 Å². The number of carbonyl (C=O) groups is 1. The van der Waals surface area contributed by atoms with E-state index in [9.17, 15) is 18.5 Å². The van der Waals surface area contributed by atoms with Crippen LogP contribution in [0, 0.1) is 18.3 Å². The number of benzene rings is 1. The second-order valence-electron chi connectivity index (χ2n) is 9.50. The standard InChI is InChI=1S/C26H32N4O4S/c1-17-16-29(12-13-30(17)23(31)11-14-34-3)26-22(15-27)18(2)24(25(28-26)20-5-6-20)19-7-9-21(10-8-19)35(4,32)33/h7-10,17,20H,5-6,11-14,16H2,1-4H3/t17-/m1/s1. The van der Waals surface area contributed by atoms with E-state index in [0.29, 0.717) is 50.0 Å². The van der Waals surface area contributed by atoms with Gasteiger partial charge in [0.25, 0.3) is 0 Å². The van der Waals surface area contributed by atoms with Crippen molar-refractivity contribution >= 4 is 21.6 Å². The predicted octanol–water partition coefficient (Wildman–Crippen LogP) is 3.28. The van der Waals surface area contributed by atoms with Gasteiger partial charge in [0.15, 0.2) is 9.84 Å². The Hall–Kier alpha value is -2.96. The van der Waals surface area contributed by atoms with Crippen LogP contribution in [0.25, 0.3) is 11.1 Å². The fraction of sp³-hybridized carbons (Fsp3) is 0.500. The number of sulfone groups is 1. The number of hydrogen-bond acceptors (Lipinski definition) is 7. The highest BCUT2D eigenvalue weighted by Gasteiger charge is 2.34. The third-order valence-corrected chi connectivity index (χ3v) is 8.00. The highest BCUT2D eigenvalue weighted by Crippen LogP contribution is 2.46. The minimum atomic E-state index is -3.29.